The molecule has 0 radical (unpaired) electrons. The largest absolute Gasteiger partial charge is 0.303 e. The summed E-state index contributed by atoms with van der Waals surface area (Å²) in [5.41, 5.74) is 0. The van der Waals surface area contributed by atoms with Crippen molar-refractivity contribution in [1.82, 2.24) is 14.3 Å². The molecule has 0 unspecified atom stereocenters. The number of aromatic nitrogens is 2. The highest BCUT2D eigenvalue weighted by molar-refractivity contribution is 14.1. The molecule has 2 heterocycles. The molecule has 0 aliphatic carbocycles. The summed E-state index contributed by atoms with van der Waals surface area (Å²) in [4.78, 5) is 6.83. The lowest BCUT2D eigenvalue weighted by Crippen LogP contribution is -2.22. The van der Waals surface area contributed by atoms with Gasteiger partial charge in [-0.1, -0.05) is 0 Å². The van der Waals surface area contributed by atoms with Gasteiger partial charge in [-0.15, -0.1) is 0 Å². The Morgan fingerprint density at radius 3 is 2.77 bits per heavy atom. The van der Waals surface area contributed by atoms with E-state index in [0.29, 0.717) is 0 Å². The molecule has 0 aromatic carbocycles. The molecule has 5 heteroatoms. The predicted molar refractivity (Wildman–Crippen MR) is 62.0 cm³/mol. The normalized spacial score (nSPS) is 18.2. The SMILES string of the molecule is Ic1nc(CCN2CCCC2)ns1. The molecule has 1 aromatic rings. The average molecular weight is 309 g/mol. The van der Waals surface area contributed by atoms with E-state index in [1.807, 2.05) is 0 Å². The highest BCUT2D eigenvalue weighted by Crippen LogP contribution is 2.10. The first-order valence-electron chi connectivity index (χ1n) is 4.55. The zero-order valence-electron chi connectivity index (χ0n) is 7.37. The first kappa shape index (κ1) is 9.79. The van der Waals surface area contributed by atoms with Crippen molar-refractivity contribution in [2.45, 2.75) is 19.3 Å². The molecule has 1 fully saturated rings. The van der Waals surface area contributed by atoms with Crippen LogP contribution in [0, 0.1) is 3.01 Å². The molecule has 1 saturated heterocycles. The van der Waals surface area contributed by atoms with Gasteiger partial charge < -0.3 is 4.90 Å². The van der Waals surface area contributed by atoms with Crippen molar-refractivity contribution in [2.24, 2.45) is 0 Å². The van der Waals surface area contributed by atoms with Crippen LogP contribution in [0.5, 0.6) is 0 Å². The van der Waals surface area contributed by atoms with Crippen molar-refractivity contribution >= 4 is 34.1 Å². The number of halogens is 1. The van der Waals surface area contributed by atoms with Crippen LogP contribution in [0.25, 0.3) is 0 Å². The van der Waals surface area contributed by atoms with E-state index >= 15 is 0 Å². The fourth-order valence-corrected chi connectivity index (χ4v) is 2.63. The van der Waals surface area contributed by atoms with Gasteiger partial charge in [-0.05, 0) is 60.1 Å². The first-order valence-corrected chi connectivity index (χ1v) is 6.40. The maximum atomic E-state index is 4.34. The summed E-state index contributed by atoms with van der Waals surface area (Å²) in [6.07, 6.45) is 3.74. The molecule has 0 N–H and O–H groups in total. The summed E-state index contributed by atoms with van der Waals surface area (Å²) in [6, 6.07) is 0. The van der Waals surface area contributed by atoms with Gasteiger partial charge in [0.1, 0.15) is 5.82 Å². The molecule has 1 aliphatic heterocycles. The number of hydrogen-bond donors (Lipinski definition) is 0. The third-order valence-corrected chi connectivity index (χ3v) is 3.67. The maximum absolute atomic E-state index is 4.34. The minimum Gasteiger partial charge on any atom is -0.303 e. The Morgan fingerprint density at radius 2 is 2.15 bits per heavy atom. The molecule has 0 saturated carbocycles. The molecule has 1 aliphatic rings. The molecule has 3 nitrogen and oxygen atoms in total. The molecular formula is C8H12IN3S. The van der Waals surface area contributed by atoms with Crippen LogP contribution < -0.4 is 0 Å². The van der Waals surface area contributed by atoms with Gasteiger partial charge in [0.15, 0.2) is 3.01 Å². The second kappa shape index (κ2) is 4.65. The molecule has 0 spiro atoms. The summed E-state index contributed by atoms with van der Waals surface area (Å²) in [5, 5.41) is 0. The third-order valence-electron chi connectivity index (χ3n) is 2.29. The Labute approximate surface area is 95.9 Å². The monoisotopic (exact) mass is 309 g/mol. The van der Waals surface area contributed by atoms with Gasteiger partial charge in [0.25, 0.3) is 0 Å². The lowest BCUT2D eigenvalue weighted by Gasteiger charge is -2.12. The Kier molecular flexibility index (Phi) is 3.51. The van der Waals surface area contributed by atoms with E-state index in [9.17, 15) is 0 Å². The summed E-state index contributed by atoms with van der Waals surface area (Å²) in [7, 11) is 0. The van der Waals surface area contributed by atoms with Gasteiger partial charge in [0.05, 0.1) is 0 Å². The van der Waals surface area contributed by atoms with E-state index < -0.39 is 0 Å². The Balaban J connectivity index is 1.78. The van der Waals surface area contributed by atoms with Crippen molar-refractivity contribution in [2.75, 3.05) is 19.6 Å². The van der Waals surface area contributed by atoms with Crippen molar-refractivity contribution < 1.29 is 0 Å². The summed E-state index contributed by atoms with van der Waals surface area (Å²) in [6.45, 7) is 3.66. The van der Waals surface area contributed by atoms with Crippen molar-refractivity contribution in [3.05, 3.63) is 8.84 Å². The molecular weight excluding hydrogens is 297 g/mol. The molecule has 2 rings (SSSR count). The standard InChI is InChI=1S/C8H12IN3S/c9-8-10-7(11-13-8)3-6-12-4-1-2-5-12/h1-6H2. The Bertz CT molecular complexity index is 270. The number of likely N-dealkylation sites (tertiary alicyclic amines) is 1. The molecule has 72 valence electrons. The first-order chi connectivity index (χ1) is 6.34. The van der Waals surface area contributed by atoms with E-state index in [1.54, 1.807) is 0 Å². The second-order valence-corrected chi connectivity index (χ2v) is 5.77. The van der Waals surface area contributed by atoms with Crippen molar-refractivity contribution in [1.29, 1.82) is 0 Å². The lowest BCUT2D eigenvalue weighted by molar-refractivity contribution is 0.341. The summed E-state index contributed by atoms with van der Waals surface area (Å²) in [5.74, 6) is 1.02. The van der Waals surface area contributed by atoms with Gasteiger partial charge in [-0.25, -0.2) is 4.98 Å². The molecule has 0 amide bonds. The van der Waals surface area contributed by atoms with Gasteiger partial charge in [-0.2, -0.15) is 4.37 Å². The van der Waals surface area contributed by atoms with E-state index in [1.165, 1.54) is 37.5 Å². The fraction of sp³-hybridized carbons (Fsp3) is 0.750. The van der Waals surface area contributed by atoms with Crippen LogP contribution in [0.1, 0.15) is 18.7 Å². The number of rotatable bonds is 3. The predicted octanol–water partition coefficient (Wildman–Crippen LogP) is 1.78. The van der Waals surface area contributed by atoms with Crippen LogP contribution in [-0.4, -0.2) is 33.9 Å². The fourth-order valence-electron chi connectivity index (χ4n) is 1.60. The van der Waals surface area contributed by atoms with Crippen molar-refractivity contribution in [3.8, 4) is 0 Å². The lowest BCUT2D eigenvalue weighted by atomic mass is 10.4. The quantitative estimate of drug-likeness (QED) is 0.797. The van der Waals surface area contributed by atoms with Gasteiger partial charge in [0.2, 0.25) is 0 Å². The number of hydrogen-bond acceptors (Lipinski definition) is 4. The van der Waals surface area contributed by atoms with Crippen molar-refractivity contribution in [3.63, 3.8) is 0 Å². The van der Waals surface area contributed by atoms with E-state index in [0.717, 1.165) is 21.8 Å². The third kappa shape index (κ3) is 2.85. The molecule has 1 aromatic heterocycles. The van der Waals surface area contributed by atoms with Gasteiger partial charge in [0, 0.05) is 13.0 Å². The van der Waals surface area contributed by atoms with Crippen LogP contribution in [0.4, 0.5) is 0 Å². The summed E-state index contributed by atoms with van der Waals surface area (Å²) >= 11 is 3.71. The molecule has 13 heavy (non-hydrogen) atoms. The highest BCUT2D eigenvalue weighted by atomic mass is 127. The van der Waals surface area contributed by atoms with E-state index in [-0.39, 0.29) is 0 Å². The average Bonchev–Trinajstić information content (AvgIpc) is 2.71. The highest BCUT2D eigenvalue weighted by Gasteiger charge is 2.11. The zero-order valence-corrected chi connectivity index (χ0v) is 10.3. The van der Waals surface area contributed by atoms with E-state index in [4.69, 9.17) is 0 Å². The molecule has 0 atom stereocenters. The van der Waals surface area contributed by atoms with Crippen LogP contribution in [0.3, 0.4) is 0 Å². The minimum atomic E-state index is 1.01. The summed E-state index contributed by atoms with van der Waals surface area (Å²) < 4.78 is 5.32. The minimum absolute atomic E-state index is 1.01. The Morgan fingerprint density at radius 1 is 1.38 bits per heavy atom. The second-order valence-electron chi connectivity index (χ2n) is 3.26. The maximum Gasteiger partial charge on any atom is 0.173 e. The number of nitrogens with zero attached hydrogens (tertiary/aromatic N) is 3. The van der Waals surface area contributed by atoms with Crippen LogP contribution in [-0.2, 0) is 6.42 Å². The van der Waals surface area contributed by atoms with E-state index in [2.05, 4.69) is 36.8 Å². The van der Waals surface area contributed by atoms with Crippen LogP contribution in [0.15, 0.2) is 0 Å². The van der Waals surface area contributed by atoms with Gasteiger partial charge >= 0.3 is 0 Å². The molecule has 0 bridgehead atoms. The Hall–Kier alpha value is 0.250. The zero-order chi connectivity index (χ0) is 9.10. The van der Waals surface area contributed by atoms with Gasteiger partial charge in [-0.3, -0.25) is 0 Å². The smallest absolute Gasteiger partial charge is 0.173 e. The van der Waals surface area contributed by atoms with Crippen LogP contribution in [0.2, 0.25) is 0 Å². The van der Waals surface area contributed by atoms with Crippen LogP contribution >= 0.6 is 34.1 Å². The topological polar surface area (TPSA) is 29.0 Å².